The number of aryl methyl sites for hydroxylation is 1. The molecule has 112 valence electrons. The van der Waals surface area contributed by atoms with Crippen LogP contribution in [0.1, 0.15) is 37.2 Å². The van der Waals surface area contributed by atoms with Gasteiger partial charge in [-0.2, -0.15) is 0 Å². The van der Waals surface area contributed by atoms with Crippen LogP contribution in [-0.2, 0) is 4.79 Å². The molecule has 1 unspecified atom stereocenters. The normalized spacial score (nSPS) is 11.7. The van der Waals surface area contributed by atoms with Crippen molar-refractivity contribution in [2.75, 3.05) is 0 Å². The lowest BCUT2D eigenvalue weighted by Crippen LogP contribution is -2.19. The van der Waals surface area contributed by atoms with Crippen molar-refractivity contribution >= 4 is 29.1 Å². The second-order valence-corrected chi connectivity index (χ2v) is 5.20. The van der Waals surface area contributed by atoms with E-state index in [1.807, 2.05) is 19.1 Å². The van der Waals surface area contributed by atoms with Gasteiger partial charge in [0.2, 0.25) is 0 Å². The summed E-state index contributed by atoms with van der Waals surface area (Å²) < 4.78 is 0. The van der Waals surface area contributed by atoms with Gasteiger partial charge in [0, 0.05) is 11.1 Å². The lowest BCUT2D eigenvalue weighted by atomic mass is 9.94. The van der Waals surface area contributed by atoms with Crippen molar-refractivity contribution in [3.63, 3.8) is 0 Å². The Balaban J connectivity index is 2.44. The van der Waals surface area contributed by atoms with Gasteiger partial charge in [0.25, 0.3) is 5.78 Å². The number of benzene rings is 2. The molecular weight excluding hydrogens is 304 g/mol. The Hall–Kier alpha value is -2.46. The van der Waals surface area contributed by atoms with Crippen LogP contribution in [0.4, 0.5) is 0 Å². The van der Waals surface area contributed by atoms with Crippen LogP contribution < -0.4 is 0 Å². The lowest BCUT2D eigenvalue weighted by Gasteiger charge is -2.13. The standard InChI is InChI=1S/C17H13ClO4/c1-10-6-2-3-7-11(10)14(18)15(19)12-8-4-5-9-13(12)16(20)17(21)22/h2-9,14H,1H3,(H,21,22). The average molecular weight is 317 g/mol. The van der Waals surface area contributed by atoms with Crippen molar-refractivity contribution in [2.24, 2.45) is 0 Å². The Labute approximate surface area is 132 Å². The van der Waals surface area contributed by atoms with Gasteiger partial charge in [-0.15, -0.1) is 11.6 Å². The summed E-state index contributed by atoms with van der Waals surface area (Å²) in [6.07, 6.45) is 0. The highest BCUT2D eigenvalue weighted by Gasteiger charge is 2.27. The quantitative estimate of drug-likeness (QED) is 0.521. The largest absolute Gasteiger partial charge is 0.475 e. The Morgan fingerprint density at radius 3 is 2.09 bits per heavy atom. The van der Waals surface area contributed by atoms with Gasteiger partial charge in [0.15, 0.2) is 5.78 Å². The molecule has 1 atom stereocenters. The number of carboxylic acid groups (broad SMARTS) is 1. The molecule has 0 fully saturated rings. The molecule has 2 aromatic rings. The third-order valence-electron chi connectivity index (χ3n) is 3.32. The first-order chi connectivity index (χ1) is 10.4. The maximum absolute atomic E-state index is 12.6. The molecular formula is C17H13ClO4. The summed E-state index contributed by atoms with van der Waals surface area (Å²) in [5.74, 6) is -3.24. The van der Waals surface area contributed by atoms with E-state index in [1.54, 1.807) is 18.2 Å². The molecule has 0 amide bonds. The summed E-state index contributed by atoms with van der Waals surface area (Å²) >= 11 is 6.24. The number of hydrogen-bond acceptors (Lipinski definition) is 3. The fourth-order valence-electron chi connectivity index (χ4n) is 2.16. The van der Waals surface area contributed by atoms with Gasteiger partial charge in [-0.25, -0.2) is 4.79 Å². The summed E-state index contributed by atoms with van der Waals surface area (Å²) in [7, 11) is 0. The predicted molar refractivity (Wildman–Crippen MR) is 82.5 cm³/mol. The third-order valence-corrected chi connectivity index (χ3v) is 3.76. The number of aliphatic carboxylic acids is 1. The monoisotopic (exact) mass is 316 g/mol. The van der Waals surface area contributed by atoms with Gasteiger partial charge in [-0.05, 0) is 18.1 Å². The maximum Gasteiger partial charge on any atom is 0.377 e. The zero-order chi connectivity index (χ0) is 16.3. The van der Waals surface area contributed by atoms with Crippen LogP contribution in [0, 0.1) is 6.92 Å². The van der Waals surface area contributed by atoms with Crippen molar-refractivity contribution in [1.29, 1.82) is 0 Å². The molecule has 4 nitrogen and oxygen atoms in total. The highest BCUT2D eigenvalue weighted by atomic mass is 35.5. The first kappa shape index (κ1) is 15.9. The minimum Gasteiger partial charge on any atom is -0.475 e. The molecule has 0 aromatic heterocycles. The molecule has 0 aliphatic rings. The number of hydrogen-bond donors (Lipinski definition) is 1. The minimum atomic E-state index is -1.61. The molecule has 0 aliphatic carbocycles. The van der Waals surface area contributed by atoms with Crippen molar-refractivity contribution in [2.45, 2.75) is 12.3 Å². The number of carbonyl (C=O) groups excluding carboxylic acids is 2. The number of halogens is 1. The van der Waals surface area contributed by atoms with Crippen LogP contribution in [-0.4, -0.2) is 22.6 Å². The SMILES string of the molecule is Cc1ccccc1C(Cl)C(=O)c1ccccc1C(=O)C(=O)O. The van der Waals surface area contributed by atoms with Gasteiger partial charge < -0.3 is 5.11 Å². The molecule has 0 spiro atoms. The molecule has 0 heterocycles. The van der Waals surface area contributed by atoms with Crippen LogP contribution in [0.5, 0.6) is 0 Å². The molecule has 0 aliphatic heterocycles. The number of carbonyl (C=O) groups is 3. The van der Waals surface area contributed by atoms with Crippen LogP contribution in [0.3, 0.4) is 0 Å². The number of ketones is 2. The smallest absolute Gasteiger partial charge is 0.377 e. The summed E-state index contributed by atoms with van der Waals surface area (Å²) in [5, 5.41) is 7.87. The molecule has 22 heavy (non-hydrogen) atoms. The van der Waals surface area contributed by atoms with E-state index < -0.39 is 22.9 Å². The van der Waals surface area contributed by atoms with E-state index in [0.717, 1.165) is 5.56 Å². The number of rotatable bonds is 5. The number of alkyl halides is 1. The van der Waals surface area contributed by atoms with E-state index in [0.29, 0.717) is 5.56 Å². The number of Topliss-reactive ketones (excluding diaryl/α,β-unsaturated/α-hetero) is 2. The van der Waals surface area contributed by atoms with Gasteiger partial charge in [0.1, 0.15) is 5.38 Å². The fraction of sp³-hybridized carbons (Fsp3) is 0.118. The molecule has 0 saturated carbocycles. The van der Waals surface area contributed by atoms with Gasteiger partial charge >= 0.3 is 5.97 Å². The van der Waals surface area contributed by atoms with E-state index in [4.69, 9.17) is 16.7 Å². The maximum atomic E-state index is 12.6. The van der Waals surface area contributed by atoms with Gasteiger partial charge in [0.05, 0.1) is 0 Å². The summed E-state index contributed by atoms with van der Waals surface area (Å²) in [6.45, 7) is 1.83. The highest BCUT2D eigenvalue weighted by Crippen LogP contribution is 2.28. The second kappa shape index (κ2) is 6.54. The average Bonchev–Trinajstić information content (AvgIpc) is 2.53. The Kier molecular flexibility index (Phi) is 4.73. The highest BCUT2D eigenvalue weighted by molar-refractivity contribution is 6.42. The summed E-state index contributed by atoms with van der Waals surface area (Å²) in [4.78, 5) is 35.1. The van der Waals surface area contributed by atoms with Crippen LogP contribution in [0.2, 0.25) is 0 Å². The molecule has 5 heteroatoms. The zero-order valence-electron chi connectivity index (χ0n) is 11.7. The molecule has 2 aromatic carbocycles. The minimum absolute atomic E-state index is 0.0122. The van der Waals surface area contributed by atoms with E-state index >= 15 is 0 Å². The Bertz CT molecular complexity index is 752. The second-order valence-electron chi connectivity index (χ2n) is 4.76. The van der Waals surface area contributed by atoms with Crippen molar-refractivity contribution in [1.82, 2.24) is 0 Å². The molecule has 0 radical (unpaired) electrons. The first-order valence-corrected chi connectivity index (χ1v) is 6.97. The third kappa shape index (κ3) is 3.07. The van der Waals surface area contributed by atoms with Gasteiger partial charge in [-0.1, -0.05) is 48.5 Å². The van der Waals surface area contributed by atoms with Crippen molar-refractivity contribution in [3.05, 3.63) is 70.8 Å². The van der Waals surface area contributed by atoms with E-state index in [-0.39, 0.29) is 11.1 Å². The topological polar surface area (TPSA) is 71.4 Å². The lowest BCUT2D eigenvalue weighted by molar-refractivity contribution is -0.131. The summed E-state index contributed by atoms with van der Waals surface area (Å²) in [6, 6.07) is 12.9. The zero-order valence-corrected chi connectivity index (χ0v) is 12.5. The van der Waals surface area contributed by atoms with Gasteiger partial charge in [-0.3, -0.25) is 9.59 Å². The fourth-order valence-corrected chi connectivity index (χ4v) is 2.52. The molecule has 0 saturated heterocycles. The van der Waals surface area contributed by atoms with Crippen LogP contribution in [0.25, 0.3) is 0 Å². The van der Waals surface area contributed by atoms with Crippen molar-refractivity contribution in [3.8, 4) is 0 Å². The molecule has 1 N–H and O–H groups in total. The van der Waals surface area contributed by atoms with Crippen LogP contribution in [0.15, 0.2) is 48.5 Å². The Morgan fingerprint density at radius 2 is 1.50 bits per heavy atom. The van der Waals surface area contributed by atoms with E-state index in [9.17, 15) is 14.4 Å². The Morgan fingerprint density at radius 1 is 0.955 bits per heavy atom. The van der Waals surface area contributed by atoms with E-state index in [2.05, 4.69) is 0 Å². The first-order valence-electron chi connectivity index (χ1n) is 6.54. The predicted octanol–water partition coefficient (Wildman–Crippen LogP) is 3.43. The molecule has 2 rings (SSSR count). The number of carboxylic acids is 1. The molecule has 0 bridgehead atoms. The van der Waals surface area contributed by atoms with E-state index in [1.165, 1.54) is 18.2 Å². The summed E-state index contributed by atoms with van der Waals surface area (Å²) in [5.41, 5.74) is 1.34. The van der Waals surface area contributed by atoms with Crippen molar-refractivity contribution < 1.29 is 19.5 Å². The van der Waals surface area contributed by atoms with Crippen LogP contribution >= 0.6 is 11.6 Å².